The summed E-state index contributed by atoms with van der Waals surface area (Å²) in [7, 11) is 0. The zero-order valence-electron chi connectivity index (χ0n) is 5.37. The van der Waals surface area contributed by atoms with E-state index in [1.165, 1.54) is 0 Å². The SMILES string of the molecule is CC[n+]1cccc([O-])c1. The molecular formula is C7H9NO. The Kier molecular flexibility index (Phi) is 1.68. The van der Waals surface area contributed by atoms with E-state index in [1.54, 1.807) is 18.3 Å². The van der Waals surface area contributed by atoms with Crippen LogP contribution in [0.25, 0.3) is 0 Å². The Morgan fingerprint density at radius 2 is 2.44 bits per heavy atom. The van der Waals surface area contributed by atoms with Gasteiger partial charge in [-0.05, 0) is 12.7 Å². The first kappa shape index (κ1) is 6.08. The molecule has 2 heteroatoms. The molecule has 0 radical (unpaired) electrons. The minimum Gasteiger partial charge on any atom is -0.868 e. The number of aryl methyl sites for hydroxylation is 1. The lowest BCUT2D eigenvalue weighted by molar-refractivity contribution is -0.695. The molecule has 2 nitrogen and oxygen atoms in total. The molecule has 0 saturated heterocycles. The van der Waals surface area contributed by atoms with Crippen molar-refractivity contribution in [2.45, 2.75) is 13.5 Å². The first-order chi connectivity index (χ1) is 4.33. The maximum absolute atomic E-state index is 10.6. The molecular weight excluding hydrogens is 114 g/mol. The van der Waals surface area contributed by atoms with Crippen LogP contribution in [-0.4, -0.2) is 0 Å². The van der Waals surface area contributed by atoms with E-state index in [4.69, 9.17) is 0 Å². The van der Waals surface area contributed by atoms with Gasteiger partial charge in [0.25, 0.3) is 0 Å². The largest absolute Gasteiger partial charge is 0.868 e. The van der Waals surface area contributed by atoms with E-state index >= 15 is 0 Å². The lowest BCUT2D eigenvalue weighted by Crippen LogP contribution is -2.31. The van der Waals surface area contributed by atoms with Crippen LogP contribution in [-0.2, 0) is 6.54 Å². The van der Waals surface area contributed by atoms with Crippen LogP contribution in [0.3, 0.4) is 0 Å². The van der Waals surface area contributed by atoms with Gasteiger partial charge < -0.3 is 5.11 Å². The smallest absolute Gasteiger partial charge is 0.168 e. The van der Waals surface area contributed by atoms with Crippen molar-refractivity contribution < 1.29 is 9.67 Å². The number of hydrogen-bond acceptors (Lipinski definition) is 1. The second-order valence-electron chi connectivity index (χ2n) is 1.87. The van der Waals surface area contributed by atoms with Crippen LogP contribution in [0.5, 0.6) is 5.75 Å². The van der Waals surface area contributed by atoms with E-state index in [0.717, 1.165) is 6.54 Å². The lowest BCUT2D eigenvalue weighted by Gasteiger charge is -1.99. The van der Waals surface area contributed by atoms with Gasteiger partial charge in [-0.15, -0.1) is 0 Å². The molecule has 1 aromatic heterocycles. The van der Waals surface area contributed by atoms with Gasteiger partial charge in [-0.3, -0.25) is 0 Å². The fourth-order valence-corrected chi connectivity index (χ4v) is 0.695. The van der Waals surface area contributed by atoms with E-state index in [2.05, 4.69) is 0 Å². The zero-order valence-corrected chi connectivity index (χ0v) is 5.37. The fourth-order valence-electron chi connectivity index (χ4n) is 0.695. The Hall–Kier alpha value is -1.05. The normalized spacial score (nSPS) is 9.44. The van der Waals surface area contributed by atoms with E-state index in [-0.39, 0.29) is 5.75 Å². The summed E-state index contributed by atoms with van der Waals surface area (Å²) in [6.45, 7) is 2.86. The quantitative estimate of drug-likeness (QED) is 0.485. The van der Waals surface area contributed by atoms with Crippen LogP contribution in [0.1, 0.15) is 6.92 Å². The van der Waals surface area contributed by atoms with Crippen molar-refractivity contribution in [1.82, 2.24) is 0 Å². The molecule has 0 saturated carbocycles. The monoisotopic (exact) mass is 123 g/mol. The molecule has 1 heterocycles. The van der Waals surface area contributed by atoms with Gasteiger partial charge in [0.05, 0.1) is 0 Å². The zero-order chi connectivity index (χ0) is 6.69. The minimum atomic E-state index is 0.0688. The minimum absolute atomic E-state index is 0.0688. The molecule has 0 atom stereocenters. The Bertz CT molecular complexity index is 198. The van der Waals surface area contributed by atoms with E-state index in [9.17, 15) is 5.11 Å². The van der Waals surface area contributed by atoms with Crippen LogP contribution in [0.15, 0.2) is 24.5 Å². The van der Waals surface area contributed by atoms with Crippen molar-refractivity contribution in [2.24, 2.45) is 0 Å². The second kappa shape index (κ2) is 2.49. The summed E-state index contributed by atoms with van der Waals surface area (Å²) in [4.78, 5) is 0. The highest BCUT2D eigenvalue weighted by Gasteiger charge is 1.89. The molecule has 48 valence electrons. The van der Waals surface area contributed by atoms with Crippen molar-refractivity contribution in [3.05, 3.63) is 24.5 Å². The van der Waals surface area contributed by atoms with Crippen molar-refractivity contribution in [1.29, 1.82) is 0 Å². The number of aromatic nitrogens is 1. The maximum atomic E-state index is 10.6. The van der Waals surface area contributed by atoms with Crippen LogP contribution in [0.4, 0.5) is 0 Å². The van der Waals surface area contributed by atoms with Crippen molar-refractivity contribution in [2.75, 3.05) is 0 Å². The predicted molar refractivity (Wildman–Crippen MR) is 31.8 cm³/mol. The Labute approximate surface area is 54.4 Å². The van der Waals surface area contributed by atoms with Gasteiger partial charge in [0.2, 0.25) is 0 Å². The summed E-state index contributed by atoms with van der Waals surface area (Å²) in [5, 5.41) is 10.6. The van der Waals surface area contributed by atoms with Crippen molar-refractivity contribution >= 4 is 0 Å². The molecule has 1 aromatic rings. The van der Waals surface area contributed by atoms with E-state index in [1.807, 2.05) is 17.7 Å². The second-order valence-corrected chi connectivity index (χ2v) is 1.87. The van der Waals surface area contributed by atoms with Gasteiger partial charge in [-0.25, -0.2) is 4.57 Å². The Morgan fingerprint density at radius 3 is 2.89 bits per heavy atom. The standard InChI is InChI=1S/C7H9NO/c1-2-8-5-3-4-7(9)6-8/h3-6H,2H2,1H3. The van der Waals surface area contributed by atoms with E-state index < -0.39 is 0 Å². The average molecular weight is 123 g/mol. The van der Waals surface area contributed by atoms with E-state index in [0.29, 0.717) is 0 Å². The van der Waals surface area contributed by atoms with Crippen molar-refractivity contribution in [3.8, 4) is 5.75 Å². The molecule has 0 aliphatic rings. The number of hydrogen-bond donors (Lipinski definition) is 0. The van der Waals surface area contributed by atoms with Gasteiger partial charge in [0.15, 0.2) is 12.4 Å². The summed E-state index contributed by atoms with van der Waals surface area (Å²) < 4.78 is 1.85. The molecule has 0 amide bonds. The molecule has 0 aromatic carbocycles. The molecule has 0 N–H and O–H groups in total. The van der Waals surface area contributed by atoms with Gasteiger partial charge in [0, 0.05) is 6.07 Å². The fraction of sp³-hybridized carbons (Fsp3) is 0.286. The highest BCUT2D eigenvalue weighted by atomic mass is 16.3. The van der Waals surface area contributed by atoms with Crippen LogP contribution in [0.2, 0.25) is 0 Å². The summed E-state index contributed by atoms with van der Waals surface area (Å²) >= 11 is 0. The highest BCUT2D eigenvalue weighted by molar-refractivity contribution is 5.07. The third kappa shape index (κ3) is 1.42. The van der Waals surface area contributed by atoms with Crippen LogP contribution in [0, 0.1) is 0 Å². The maximum Gasteiger partial charge on any atom is 0.168 e. The molecule has 9 heavy (non-hydrogen) atoms. The average Bonchev–Trinajstić information content (AvgIpc) is 1.88. The molecule has 0 aliphatic heterocycles. The first-order valence-corrected chi connectivity index (χ1v) is 2.99. The van der Waals surface area contributed by atoms with Gasteiger partial charge in [-0.2, -0.15) is 0 Å². The number of nitrogens with zero attached hydrogens (tertiary/aromatic N) is 1. The molecule has 0 spiro atoms. The molecule has 0 fully saturated rings. The predicted octanol–water partition coefficient (Wildman–Crippen LogP) is 0.0676. The third-order valence-corrected chi connectivity index (χ3v) is 1.20. The highest BCUT2D eigenvalue weighted by Crippen LogP contribution is 1.94. The number of rotatable bonds is 1. The molecule has 0 bridgehead atoms. The molecule has 0 unspecified atom stereocenters. The van der Waals surface area contributed by atoms with Gasteiger partial charge in [0.1, 0.15) is 6.54 Å². The summed E-state index contributed by atoms with van der Waals surface area (Å²) in [6.07, 6.45) is 3.46. The number of pyridine rings is 1. The summed E-state index contributed by atoms with van der Waals surface area (Å²) in [5.74, 6) is 0.0688. The first-order valence-electron chi connectivity index (χ1n) is 2.99. The molecule has 1 rings (SSSR count). The Morgan fingerprint density at radius 1 is 1.67 bits per heavy atom. The van der Waals surface area contributed by atoms with Gasteiger partial charge >= 0.3 is 0 Å². The third-order valence-electron chi connectivity index (χ3n) is 1.20. The summed E-state index contributed by atoms with van der Waals surface area (Å²) in [6, 6.07) is 3.30. The summed E-state index contributed by atoms with van der Waals surface area (Å²) in [5.41, 5.74) is 0. The van der Waals surface area contributed by atoms with Crippen molar-refractivity contribution in [3.63, 3.8) is 0 Å². The van der Waals surface area contributed by atoms with Gasteiger partial charge in [-0.1, -0.05) is 6.07 Å². The lowest BCUT2D eigenvalue weighted by atomic mass is 10.4. The van der Waals surface area contributed by atoms with Crippen LogP contribution >= 0.6 is 0 Å². The van der Waals surface area contributed by atoms with Crippen LogP contribution < -0.4 is 9.67 Å². The Balaban J connectivity index is 2.94. The topological polar surface area (TPSA) is 26.9 Å². The molecule has 0 aliphatic carbocycles.